The number of phenolic OH excluding ortho intramolecular Hbond substituents is 1. The van der Waals surface area contributed by atoms with Gasteiger partial charge in [-0.1, -0.05) is 30.3 Å². The van der Waals surface area contributed by atoms with E-state index in [1.165, 1.54) is 0 Å². The molecule has 5 aromatic rings. The first-order chi connectivity index (χ1) is 15.7. The summed E-state index contributed by atoms with van der Waals surface area (Å²) in [7, 11) is 1.65. The van der Waals surface area contributed by atoms with Crippen LogP contribution in [-0.2, 0) is 0 Å². The van der Waals surface area contributed by atoms with Crippen molar-refractivity contribution in [3.05, 3.63) is 91.3 Å². The van der Waals surface area contributed by atoms with Gasteiger partial charge in [0.1, 0.15) is 17.3 Å². The van der Waals surface area contributed by atoms with Crippen molar-refractivity contribution in [2.24, 2.45) is 0 Å². The van der Waals surface area contributed by atoms with E-state index in [2.05, 4.69) is 10.3 Å². The Morgan fingerprint density at radius 3 is 2.47 bits per heavy atom. The van der Waals surface area contributed by atoms with E-state index >= 15 is 0 Å². The molecule has 2 heterocycles. The molecule has 6 heteroatoms. The molecular formula is C26H20N4O2. The van der Waals surface area contributed by atoms with Crippen LogP contribution in [0, 0.1) is 0 Å². The lowest BCUT2D eigenvalue weighted by molar-refractivity contribution is 0.415. The maximum atomic E-state index is 10.3. The number of pyridine rings is 1. The van der Waals surface area contributed by atoms with Crippen molar-refractivity contribution in [1.82, 2.24) is 15.0 Å². The van der Waals surface area contributed by atoms with Crippen molar-refractivity contribution < 1.29 is 9.84 Å². The smallest absolute Gasteiger partial charge is 0.163 e. The molecule has 0 saturated heterocycles. The van der Waals surface area contributed by atoms with Crippen LogP contribution in [-0.4, -0.2) is 27.2 Å². The summed E-state index contributed by atoms with van der Waals surface area (Å²) >= 11 is 0. The SMILES string of the molecule is COc1cccc(-c2ccc3nc(-c4cccnc4)nc(Nc4ccccc4O)c3c2)c1. The number of nitrogens with one attached hydrogen (secondary N) is 1. The minimum atomic E-state index is 0.145. The van der Waals surface area contributed by atoms with E-state index in [9.17, 15) is 5.11 Å². The third-order valence-electron chi connectivity index (χ3n) is 5.18. The van der Waals surface area contributed by atoms with Crippen LogP contribution in [0.5, 0.6) is 11.5 Å². The maximum Gasteiger partial charge on any atom is 0.163 e. The van der Waals surface area contributed by atoms with Gasteiger partial charge in [0.05, 0.1) is 18.3 Å². The monoisotopic (exact) mass is 420 g/mol. The van der Waals surface area contributed by atoms with Gasteiger partial charge in [0.2, 0.25) is 0 Å². The first kappa shape index (κ1) is 19.5. The molecule has 6 nitrogen and oxygen atoms in total. The molecular weight excluding hydrogens is 400 g/mol. The highest BCUT2D eigenvalue weighted by molar-refractivity contribution is 5.95. The summed E-state index contributed by atoms with van der Waals surface area (Å²) in [6.45, 7) is 0. The van der Waals surface area contributed by atoms with Gasteiger partial charge in [-0.25, -0.2) is 9.97 Å². The maximum absolute atomic E-state index is 10.3. The topological polar surface area (TPSA) is 80.2 Å². The first-order valence-corrected chi connectivity index (χ1v) is 10.1. The predicted molar refractivity (Wildman–Crippen MR) is 126 cm³/mol. The van der Waals surface area contributed by atoms with Crippen LogP contribution in [0.2, 0.25) is 0 Å². The van der Waals surface area contributed by atoms with Crippen LogP contribution in [0.25, 0.3) is 33.4 Å². The lowest BCUT2D eigenvalue weighted by Crippen LogP contribution is -2.00. The molecule has 5 rings (SSSR count). The molecule has 0 radical (unpaired) electrons. The largest absolute Gasteiger partial charge is 0.506 e. The van der Waals surface area contributed by atoms with E-state index in [0.717, 1.165) is 33.3 Å². The molecule has 2 N–H and O–H groups in total. The quantitative estimate of drug-likeness (QED) is 0.349. The average molecular weight is 420 g/mol. The molecule has 0 unspecified atom stereocenters. The van der Waals surface area contributed by atoms with Crippen LogP contribution in [0.15, 0.2) is 91.3 Å². The molecule has 0 aliphatic heterocycles. The average Bonchev–Trinajstić information content (AvgIpc) is 2.85. The van der Waals surface area contributed by atoms with Crippen molar-refractivity contribution in [1.29, 1.82) is 0 Å². The molecule has 0 atom stereocenters. The highest BCUT2D eigenvalue weighted by Gasteiger charge is 2.13. The minimum Gasteiger partial charge on any atom is -0.506 e. The van der Waals surface area contributed by atoms with Gasteiger partial charge in [-0.05, 0) is 59.7 Å². The van der Waals surface area contributed by atoms with Crippen LogP contribution in [0.1, 0.15) is 0 Å². The highest BCUT2D eigenvalue weighted by Crippen LogP contribution is 2.33. The van der Waals surface area contributed by atoms with Gasteiger partial charge in [-0.2, -0.15) is 0 Å². The molecule has 0 amide bonds. The van der Waals surface area contributed by atoms with Gasteiger partial charge in [0, 0.05) is 23.3 Å². The lowest BCUT2D eigenvalue weighted by Gasteiger charge is -2.13. The zero-order chi connectivity index (χ0) is 21.9. The summed E-state index contributed by atoms with van der Waals surface area (Å²) in [4.78, 5) is 13.7. The predicted octanol–water partition coefficient (Wildman–Crippen LogP) is 5.82. The fraction of sp³-hybridized carbons (Fsp3) is 0.0385. The summed E-state index contributed by atoms with van der Waals surface area (Å²) in [5, 5.41) is 14.4. The minimum absolute atomic E-state index is 0.145. The zero-order valence-corrected chi connectivity index (χ0v) is 17.4. The van der Waals surface area contributed by atoms with Gasteiger partial charge in [-0.15, -0.1) is 0 Å². The molecule has 2 aromatic heterocycles. The Labute approximate surface area is 185 Å². The zero-order valence-electron chi connectivity index (χ0n) is 17.4. The van der Waals surface area contributed by atoms with Crippen molar-refractivity contribution in [2.45, 2.75) is 0 Å². The van der Waals surface area contributed by atoms with Crippen molar-refractivity contribution in [2.75, 3.05) is 12.4 Å². The molecule has 0 saturated carbocycles. The number of methoxy groups -OCH3 is 1. The van der Waals surface area contributed by atoms with Gasteiger partial charge >= 0.3 is 0 Å². The number of fused-ring (bicyclic) bond motifs is 1. The Morgan fingerprint density at radius 1 is 0.812 bits per heavy atom. The van der Waals surface area contributed by atoms with Crippen LogP contribution >= 0.6 is 0 Å². The van der Waals surface area contributed by atoms with E-state index in [-0.39, 0.29) is 5.75 Å². The van der Waals surface area contributed by atoms with Gasteiger partial charge < -0.3 is 15.2 Å². The fourth-order valence-corrected chi connectivity index (χ4v) is 3.54. The number of para-hydroxylation sites is 2. The summed E-state index contributed by atoms with van der Waals surface area (Å²) in [5.74, 6) is 2.09. The molecule has 0 aliphatic carbocycles. The fourth-order valence-electron chi connectivity index (χ4n) is 3.54. The number of aromatic nitrogens is 3. The highest BCUT2D eigenvalue weighted by atomic mass is 16.5. The Balaban J connectivity index is 1.69. The van der Waals surface area contributed by atoms with Crippen molar-refractivity contribution in [3.63, 3.8) is 0 Å². The van der Waals surface area contributed by atoms with Gasteiger partial charge in [0.15, 0.2) is 5.82 Å². The standard InChI is InChI=1S/C26H20N4O2/c1-32-20-8-4-6-17(14-20)18-11-12-22-21(15-18)26(29-23-9-2-3-10-24(23)31)30-25(28-22)19-7-5-13-27-16-19/h2-16,31H,1H3,(H,28,29,30). The Kier molecular flexibility index (Phi) is 5.09. The van der Waals surface area contributed by atoms with Crippen LogP contribution in [0.3, 0.4) is 0 Å². The number of anilines is 2. The number of ether oxygens (including phenoxy) is 1. The number of hydrogen-bond donors (Lipinski definition) is 2. The molecule has 0 aliphatic rings. The summed E-state index contributed by atoms with van der Waals surface area (Å²) in [6, 6.07) is 24.8. The van der Waals surface area contributed by atoms with Crippen LogP contribution in [0.4, 0.5) is 11.5 Å². The molecule has 156 valence electrons. The second-order valence-corrected chi connectivity index (χ2v) is 7.24. The molecule has 0 spiro atoms. The summed E-state index contributed by atoms with van der Waals surface area (Å²) in [5.41, 5.74) is 4.19. The summed E-state index contributed by atoms with van der Waals surface area (Å²) in [6.07, 6.45) is 3.45. The van der Waals surface area contributed by atoms with Gasteiger partial charge in [-0.3, -0.25) is 4.98 Å². The van der Waals surface area contributed by atoms with Crippen molar-refractivity contribution in [3.8, 4) is 34.0 Å². The second kappa shape index (κ2) is 8.35. The number of hydrogen-bond acceptors (Lipinski definition) is 6. The molecule has 3 aromatic carbocycles. The third-order valence-corrected chi connectivity index (χ3v) is 5.18. The van der Waals surface area contributed by atoms with E-state index in [1.807, 2.05) is 60.7 Å². The number of rotatable bonds is 5. The van der Waals surface area contributed by atoms with E-state index in [4.69, 9.17) is 14.7 Å². The normalized spacial score (nSPS) is 10.8. The first-order valence-electron chi connectivity index (χ1n) is 10.1. The summed E-state index contributed by atoms with van der Waals surface area (Å²) < 4.78 is 5.37. The van der Waals surface area contributed by atoms with Crippen LogP contribution < -0.4 is 10.1 Å². The molecule has 0 bridgehead atoms. The number of nitrogens with zero attached hydrogens (tertiary/aromatic N) is 3. The van der Waals surface area contributed by atoms with Crippen molar-refractivity contribution >= 4 is 22.4 Å². The Bertz CT molecular complexity index is 1400. The Morgan fingerprint density at radius 2 is 1.66 bits per heavy atom. The molecule has 0 fully saturated rings. The second-order valence-electron chi connectivity index (χ2n) is 7.24. The third kappa shape index (κ3) is 3.81. The Hall–Kier alpha value is -4.45. The number of phenols is 1. The van der Waals surface area contributed by atoms with E-state index in [1.54, 1.807) is 37.7 Å². The lowest BCUT2D eigenvalue weighted by atomic mass is 10.0. The number of aromatic hydroxyl groups is 1. The molecule has 32 heavy (non-hydrogen) atoms. The van der Waals surface area contributed by atoms with Gasteiger partial charge in [0.25, 0.3) is 0 Å². The van der Waals surface area contributed by atoms with E-state index in [0.29, 0.717) is 17.3 Å². The number of benzene rings is 3. The van der Waals surface area contributed by atoms with E-state index < -0.39 is 0 Å².